The monoisotopic (exact) mass is 467 g/mol. The smallest absolute Gasteiger partial charge is 0.322 e. The summed E-state index contributed by atoms with van der Waals surface area (Å²) >= 11 is 7.98. The van der Waals surface area contributed by atoms with Gasteiger partial charge in [-0.2, -0.15) is 0 Å². The molecule has 0 atom stereocenters. The third-order valence-electron chi connectivity index (χ3n) is 5.46. The molecule has 4 aromatic rings. The molecule has 1 N–H and O–H groups in total. The van der Waals surface area contributed by atoms with Crippen LogP contribution in [0.4, 0.5) is 10.5 Å². The Labute approximate surface area is 197 Å². The van der Waals surface area contributed by atoms with Crippen molar-refractivity contribution >= 4 is 45.6 Å². The van der Waals surface area contributed by atoms with Crippen LogP contribution in [-0.4, -0.2) is 35.8 Å². The van der Waals surface area contributed by atoms with Gasteiger partial charge in [-0.25, -0.2) is 4.79 Å². The minimum atomic E-state index is -0.208. The molecule has 2 aromatic carbocycles. The highest BCUT2D eigenvalue weighted by molar-refractivity contribution is 7.13. The average Bonchev–Trinajstić information content (AvgIpc) is 3.44. The topological polar surface area (TPSA) is 46.5 Å². The Bertz CT molecular complexity index is 1200. The maximum Gasteiger partial charge on any atom is 0.322 e. The number of anilines is 1. The Balaban J connectivity index is 1.75. The zero-order chi connectivity index (χ0) is 22.5. The highest BCUT2D eigenvalue weighted by atomic mass is 35.5. The maximum atomic E-state index is 13.3. The molecule has 5 nitrogen and oxygen atoms in total. The van der Waals surface area contributed by atoms with Crippen LogP contribution in [0.3, 0.4) is 0 Å². The Morgan fingerprint density at radius 1 is 1.12 bits per heavy atom. The number of fused-ring (bicyclic) bond motifs is 1. The summed E-state index contributed by atoms with van der Waals surface area (Å²) in [6.07, 6.45) is 0. The number of amides is 2. The molecule has 0 spiro atoms. The second-order valence-electron chi connectivity index (χ2n) is 7.39. The van der Waals surface area contributed by atoms with E-state index in [9.17, 15) is 4.79 Å². The molecule has 2 heterocycles. The molecule has 0 aliphatic heterocycles. The van der Waals surface area contributed by atoms with Crippen LogP contribution in [0.25, 0.3) is 21.5 Å². The van der Waals surface area contributed by atoms with E-state index in [2.05, 4.69) is 52.5 Å². The first-order valence-electron chi connectivity index (χ1n) is 10.6. The summed E-state index contributed by atoms with van der Waals surface area (Å²) in [5.74, 6) is 0. The summed E-state index contributed by atoms with van der Waals surface area (Å²) in [4.78, 5) is 16.3. The van der Waals surface area contributed by atoms with Crippen molar-refractivity contribution in [2.75, 3.05) is 25.6 Å². The van der Waals surface area contributed by atoms with Gasteiger partial charge in [0.25, 0.3) is 0 Å². The summed E-state index contributed by atoms with van der Waals surface area (Å²) in [5, 5.41) is 6.71. The molecule has 0 radical (unpaired) electrons. The summed E-state index contributed by atoms with van der Waals surface area (Å²) in [7, 11) is 1.64. The number of hydrogen-bond donors (Lipinski definition) is 1. The van der Waals surface area contributed by atoms with Crippen LogP contribution in [0.5, 0.6) is 0 Å². The van der Waals surface area contributed by atoms with Crippen LogP contribution < -0.4 is 5.32 Å². The molecule has 0 bridgehead atoms. The molecular weight excluding hydrogens is 442 g/mol. The number of para-hydroxylation sites is 2. The maximum absolute atomic E-state index is 13.3. The lowest BCUT2D eigenvalue weighted by molar-refractivity contribution is 0.153. The Hall–Kier alpha value is -2.80. The van der Waals surface area contributed by atoms with Crippen LogP contribution >= 0.6 is 22.9 Å². The predicted octanol–water partition coefficient (Wildman–Crippen LogP) is 6.72. The van der Waals surface area contributed by atoms with E-state index >= 15 is 0 Å². The number of nitrogens with zero attached hydrogens (tertiary/aromatic N) is 2. The highest BCUT2D eigenvalue weighted by Gasteiger charge is 2.23. The Morgan fingerprint density at radius 2 is 1.91 bits per heavy atom. The number of aromatic nitrogens is 1. The van der Waals surface area contributed by atoms with Crippen molar-refractivity contribution in [3.8, 4) is 10.6 Å². The third-order valence-corrected chi connectivity index (χ3v) is 6.67. The number of thiophene rings is 1. The molecule has 0 aliphatic carbocycles. The van der Waals surface area contributed by atoms with Crippen LogP contribution in [0, 0.1) is 0 Å². The van der Waals surface area contributed by atoms with Crippen LogP contribution in [0.1, 0.15) is 12.5 Å². The number of carbonyl (C=O) groups is 1. The van der Waals surface area contributed by atoms with Gasteiger partial charge in [0.05, 0.1) is 34.4 Å². The van der Waals surface area contributed by atoms with Crippen LogP contribution in [0.15, 0.2) is 66.0 Å². The van der Waals surface area contributed by atoms with Crippen LogP contribution in [-0.2, 0) is 17.8 Å². The van der Waals surface area contributed by atoms with E-state index < -0.39 is 0 Å². The lowest BCUT2D eigenvalue weighted by Crippen LogP contribution is -2.37. The summed E-state index contributed by atoms with van der Waals surface area (Å²) in [6, 6.07) is 19.6. The van der Waals surface area contributed by atoms with E-state index in [-0.39, 0.29) is 6.03 Å². The van der Waals surface area contributed by atoms with Crippen molar-refractivity contribution in [3.63, 3.8) is 0 Å². The number of aryl methyl sites for hydroxylation is 1. The van der Waals surface area contributed by atoms with Crippen molar-refractivity contribution in [3.05, 3.63) is 76.6 Å². The number of benzene rings is 2. The molecule has 7 heteroatoms. The van der Waals surface area contributed by atoms with E-state index in [4.69, 9.17) is 16.3 Å². The second kappa shape index (κ2) is 10.2. The van der Waals surface area contributed by atoms with Gasteiger partial charge in [0.2, 0.25) is 0 Å². The van der Waals surface area contributed by atoms with Gasteiger partial charge in [-0.3, -0.25) is 0 Å². The minimum absolute atomic E-state index is 0.208. The summed E-state index contributed by atoms with van der Waals surface area (Å²) in [5.41, 5.74) is 4.06. The molecule has 0 unspecified atom stereocenters. The van der Waals surface area contributed by atoms with Gasteiger partial charge in [-0.05, 0) is 36.6 Å². The van der Waals surface area contributed by atoms with Crippen LogP contribution in [0.2, 0.25) is 5.02 Å². The number of methoxy groups -OCH3 is 1. The Morgan fingerprint density at radius 3 is 2.62 bits per heavy atom. The summed E-state index contributed by atoms with van der Waals surface area (Å²) < 4.78 is 7.63. The molecular formula is C25H26ClN3O2S. The SMILES string of the molecule is CCn1c(-c2cccs2)c(CN(CCOC)C(=O)Nc2ccccc2Cl)c2ccccc21. The number of ether oxygens (including phenoxy) is 1. The van der Waals surface area contributed by atoms with Crippen molar-refractivity contribution < 1.29 is 9.53 Å². The number of carbonyl (C=O) groups excluding carboxylic acids is 1. The van der Waals surface area contributed by atoms with Gasteiger partial charge < -0.3 is 19.5 Å². The molecule has 166 valence electrons. The molecule has 4 rings (SSSR count). The highest BCUT2D eigenvalue weighted by Crippen LogP contribution is 2.37. The first kappa shape index (κ1) is 22.4. The van der Waals surface area contributed by atoms with E-state index in [0.29, 0.717) is 30.4 Å². The minimum Gasteiger partial charge on any atom is -0.383 e. The number of nitrogens with one attached hydrogen (secondary N) is 1. The normalized spacial score (nSPS) is 11.1. The Kier molecular flexibility index (Phi) is 7.15. The number of hydrogen-bond acceptors (Lipinski definition) is 3. The van der Waals surface area contributed by atoms with Gasteiger partial charge in [0.15, 0.2) is 0 Å². The number of urea groups is 1. The van der Waals surface area contributed by atoms with Crippen molar-refractivity contribution in [1.82, 2.24) is 9.47 Å². The molecule has 32 heavy (non-hydrogen) atoms. The number of rotatable bonds is 8. The second-order valence-corrected chi connectivity index (χ2v) is 8.75. The molecule has 0 saturated carbocycles. The van der Waals surface area contributed by atoms with Crippen molar-refractivity contribution in [1.29, 1.82) is 0 Å². The first-order chi connectivity index (χ1) is 15.6. The molecule has 0 aliphatic rings. The zero-order valence-corrected chi connectivity index (χ0v) is 19.7. The van der Waals surface area contributed by atoms with Crippen molar-refractivity contribution in [2.45, 2.75) is 20.0 Å². The molecule has 2 aromatic heterocycles. The van der Waals surface area contributed by atoms with Gasteiger partial charge in [-0.1, -0.05) is 48.0 Å². The van der Waals surface area contributed by atoms with E-state index in [1.807, 2.05) is 18.2 Å². The fraction of sp³-hybridized carbons (Fsp3) is 0.240. The van der Waals surface area contributed by atoms with Gasteiger partial charge in [-0.15, -0.1) is 11.3 Å². The van der Waals surface area contributed by atoms with E-state index in [1.54, 1.807) is 35.5 Å². The first-order valence-corrected chi connectivity index (χ1v) is 11.8. The fourth-order valence-corrected chi connectivity index (χ4v) is 4.95. The summed E-state index contributed by atoms with van der Waals surface area (Å²) in [6.45, 7) is 4.36. The number of halogens is 1. The van der Waals surface area contributed by atoms with Gasteiger partial charge >= 0.3 is 6.03 Å². The molecule has 2 amide bonds. The largest absolute Gasteiger partial charge is 0.383 e. The molecule has 0 fully saturated rings. The zero-order valence-electron chi connectivity index (χ0n) is 18.2. The van der Waals surface area contributed by atoms with Crippen molar-refractivity contribution in [2.24, 2.45) is 0 Å². The predicted molar refractivity (Wildman–Crippen MR) is 134 cm³/mol. The van der Waals surface area contributed by atoms with Gasteiger partial charge in [0.1, 0.15) is 0 Å². The van der Waals surface area contributed by atoms with E-state index in [0.717, 1.165) is 23.2 Å². The quantitative estimate of drug-likeness (QED) is 0.312. The van der Waals surface area contributed by atoms with E-state index in [1.165, 1.54) is 10.4 Å². The fourth-order valence-electron chi connectivity index (χ4n) is 3.96. The lowest BCUT2D eigenvalue weighted by Gasteiger charge is -2.24. The lowest BCUT2D eigenvalue weighted by atomic mass is 10.1. The average molecular weight is 468 g/mol. The third kappa shape index (κ3) is 4.53. The standard InChI is InChI=1S/C25H26ClN3O2S/c1-3-29-22-12-7-4-9-18(22)19(24(29)23-13-8-16-32-23)17-28(14-15-31-2)25(30)27-21-11-6-5-10-20(21)26/h4-13,16H,3,14-15,17H2,1-2H3,(H,27,30). The van der Waals surface area contributed by atoms with Gasteiger partial charge in [0, 0.05) is 36.7 Å². The molecule has 0 saturated heterocycles.